The zero-order chi connectivity index (χ0) is 16.2. The normalized spacial score (nSPS) is 14.1. The summed E-state index contributed by atoms with van der Waals surface area (Å²) in [6, 6.07) is 22.8. The molecule has 1 fully saturated rings. The smallest absolute Gasteiger partial charge is 0.201 e. The summed E-state index contributed by atoms with van der Waals surface area (Å²) in [5, 5.41) is 4.37. The molecule has 0 atom stereocenters. The van der Waals surface area contributed by atoms with Crippen molar-refractivity contribution in [1.29, 1.82) is 0 Å². The molecule has 0 amide bonds. The highest BCUT2D eigenvalue weighted by molar-refractivity contribution is 7.16. The molecule has 1 saturated carbocycles. The van der Waals surface area contributed by atoms with Crippen LogP contribution >= 0.6 is 11.3 Å². The van der Waals surface area contributed by atoms with Crippen molar-refractivity contribution in [2.24, 2.45) is 5.92 Å². The van der Waals surface area contributed by atoms with Crippen LogP contribution in [0.25, 0.3) is 10.1 Å². The Kier molecular flexibility index (Phi) is 8.14. The van der Waals surface area contributed by atoms with Crippen molar-refractivity contribution in [2.75, 3.05) is 0 Å². The molecule has 0 spiro atoms. The minimum Gasteiger partial charge on any atom is -0.291 e. The zero-order valence-corrected chi connectivity index (χ0v) is 14.0. The van der Waals surface area contributed by atoms with Gasteiger partial charge in [0.15, 0.2) is 0 Å². The molecule has 0 N–H and O–H groups in total. The van der Waals surface area contributed by atoms with Crippen LogP contribution in [0.15, 0.2) is 60.7 Å². The number of hydrogen-bond acceptors (Lipinski definition) is 2. The molecule has 1 aliphatic carbocycles. The predicted molar refractivity (Wildman–Crippen MR) is 98.2 cm³/mol. The van der Waals surface area contributed by atoms with Crippen LogP contribution < -0.4 is 0 Å². The van der Waals surface area contributed by atoms with Gasteiger partial charge in [-0.15, -0.1) is 11.3 Å². The van der Waals surface area contributed by atoms with Gasteiger partial charge >= 0.3 is 0 Å². The predicted octanol–water partition coefficient (Wildman–Crippen LogP) is 5.86. The lowest BCUT2D eigenvalue weighted by Crippen LogP contribution is -2.06. The molecule has 1 aromatic heterocycles. The van der Waals surface area contributed by atoms with E-state index in [-0.39, 0.29) is 5.92 Å². The van der Waals surface area contributed by atoms with Gasteiger partial charge in [0, 0.05) is 16.0 Å². The first-order valence-electron chi connectivity index (χ1n) is 8.03. The van der Waals surface area contributed by atoms with E-state index in [1.165, 1.54) is 29.3 Å². The molecule has 1 nitrogen and oxygen atoms in total. The quantitative estimate of drug-likeness (QED) is 0.548. The number of hydrogen-bond donors (Lipinski definition) is 0. The Balaban J connectivity index is 0.000000128. The third-order valence-electron chi connectivity index (χ3n) is 3.68. The molecule has 1 heterocycles. The molecular formula is C21H21OS. The SMILES string of the molecule is O=[C]C1CCCCC1.[c]1cc2ccccc2s1.[c]1ccccc1. The Hall–Kier alpha value is -1.93. The van der Waals surface area contributed by atoms with Gasteiger partial charge in [0.1, 0.15) is 0 Å². The molecule has 0 saturated heterocycles. The third-order valence-corrected chi connectivity index (χ3v) is 4.51. The summed E-state index contributed by atoms with van der Waals surface area (Å²) >= 11 is 1.66. The van der Waals surface area contributed by atoms with E-state index in [4.69, 9.17) is 0 Å². The minimum absolute atomic E-state index is 0.281. The highest BCUT2D eigenvalue weighted by atomic mass is 32.1. The van der Waals surface area contributed by atoms with Gasteiger partial charge < -0.3 is 0 Å². The second-order valence-corrected chi connectivity index (χ2v) is 6.31. The second kappa shape index (κ2) is 10.7. The summed E-state index contributed by atoms with van der Waals surface area (Å²) in [5.74, 6) is 0.281. The Bertz CT molecular complexity index is 597. The lowest BCUT2D eigenvalue weighted by molar-refractivity contribution is 0.414. The number of fused-ring (bicyclic) bond motifs is 1. The molecule has 1 aliphatic rings. The highest BCUT2D eigenvalue weighted by Crippen LogP contribution is 2.21. The van der Waals surface area contributed by atoms with Gasteiger partial charge in [0.25, 0.3) is 0 Å². The average Bonchev–Trinajstić information content (AvgIpc) is 3.14. The summed E-state index contributed by atoms with van der Waals surface area (Å²) in [7, 11) is 0. The summed E-state index contributed by atoms with van der Waals surface area (Å²) in [5.41, 5.74) is 0. The van der Waals surface area contributed by atoms with Crippen LogP contribution in [0.3, 0.4) is 0 Å². The van der Waals surface area contributed by atoms with E-state index in [1.54, 1.807) is 11.3 Å². The van der Waals surface area contributed by atoms with Crippen LogP contribution in [-0.4, -0.2) is 6.29 Å². The van der Waals surface area contributed by atoms with Crippen molar-refractivity contribution in [1.82, 2.24) is 0 Å². The molecule has 3 aromatic rings. The first kappa shape index (κ1) is 17.4. The minimum atomic E-state index is 0.281. The topological polar surface area (TPSA) is 17.1 Å². The molecule has 2 aromatic carbocycles. The highest BCUT2D eigenvalue weighted by Gasteiger charge is 2.11. The van der Waals surface area contributed by atoms with Gasteiger partial charge in [-0.2, -0.15) is 0 Å². The lowest BCUT2D eigenvalue weighted by Gasteiger charge is -2.13. The first-order valence-corrected chi connectivity index (χ1v) is 8.85. The fourth-order valence-electron chi connectivity index (χ4n) is 2.41. The molecule has 117 valence electrons. The molecule has 4 rings (SSSR count). The standard InChI is InChI=1S/C8H5S.C7H11O.C6H5/c1-2-4-8-7(3-1)5-6-9-8;8-6-7-4-2-1-3-5-7;1-2-4-6-5-3-1/h1-5H;7H,1-5H2;1-5H. The van der Waals surface area contributed by atoms with Gasteiger partial charge in [-0.3, -0.25) is 4.79 Å². The van der Waals surface area contributed by atoms with Crippen LogP contribution in [0.2, 0.25) is 0 Å². The van der Waals surface area contributed by atoms with E-state index < -0.39 is 0 Å². The molecular weight excluding hydrogens is 300 g/mol. The van der Waals surface area contributed by atoms with Gasteiger partial charge in [-0.1, -0.05) is 67.8 Å². The number of thiophene rings is 1. The Morgan fingerprint density at radius 3 is 2.22 bits per heavy atom. The van der Waals surface area contributed by atoms with E-state index in [0.717, 1.165) is 12.8 Å². The summed E-state index contributed by atoms with van der Waals surface area (Å²) < 4.78 is 1.32. The van der Waals surface area contributed by atoms with Crippen molar-refractivity contribution in [3.05, 3.63) is 72.1 Å². The average molecular weight is 321 g/mol. The summed E-state index contributed by atoms with van der Waals surface area (Å²) in [6.07, 6.45) is 8.02. The lowest BCUT2D eigenvalue weighted by atomic mass is 9.91. The zero-order valence-electron chi connectivity index (χ0n) is 13.2. The molecule has 0 aliphatic heterocycles. The van der Waals surface area contributed by atoms with Crippen molar-refractivity contribution in [3.8, 4) is 0 Å². The van der Waals surface area contributed by atoms with Crippen LogP contribution in [0, 0.1) is 17.4 Å². The largest absolute Gasteiger partial charge is 0.291 e. The first-order chi connectivity index (χ1) is 11.4. The number of carbonyl (C=O) groups excluding carboxylic acids is 1. The van der Waals surface area contributed by atoms with Crippen LogP contribution in [0.5, 0.6) is 0 Å². The second-order valence-electron chi connectivity index (χ2n) is 5.43. The van der Waals surface area contributed by atoms with Crippen LogP contribution in [-0.2, 0) is 4.79 Å². The number of rotatable bonds is 1. The van der Waals surface area contributed by atoms with E-state index in [0.29, 0.717) is 0 Å². The Labute approximate surface area is 143 Å². The van der Waals surface area contributed by atoms with Gasteiger partial charge in [0.2, 0.25) is 6.29 Å². The van der Waals surface area contributed by atoms with Gasteiger partial charge in [0.05, 0.1) is 0 Å². The van der Waals surface area contributed by atoms with Crippen molar-refractivity contribution in [2.45, 2.75) is 32.1 Å². The van der Waals surface area contributed by atoms with E-state index in [2.05, 4.69) is 29.9 Å². The van der Waals surface area contributed by atoms with Crippen LogP contribution in [0.1, 0.15) is 32.1 Å². The van der Waals surface area contributed by atoms with Gasteiger partial charge in [-0.25, -0.2) is 0 Å². The monoisotopic (exact) mass is 321 g/mol. The van der Waals surface area contributed by atoms with E-state index in [1.807, 2.05) is 48.5 Å². The summed E-state index contributed by atoms with van der Waals surface area (Å²) in [4.78, 5) is 10.0. The van der Waals surface area contributed by atoms with Crippen molar-refractivity contribution < 1.29 is 4.79 Å². The maximum Gasteiger partial charge on any atom is 0.201 e. The third kappa shape index (κ3) is 6.79. The molecule has 23 heavy (non-hydrogen) atoms. The van der Waals surface area contributed by atoms with E-state index in [9.17, 15) is 4.79 Å². The maximum absolute atomic E-state index is 10.0. The molecule has 0 bridgehead atoms. The Morgan fingerprint density at radius 2 is 1.70 bits per heavy atom. The van der Waals surface area contributed by atoms with Crippen LogP contribution in [0.4, 0.5) is 0 Å². The maximum atomic E-state index is 10.0. The fourth-order valence-corrected chi connectivity index (χ4v) is 3.12. The van der Waals surface area contributed by atoms with E-state index >= 15 is 0 Å². The summed E-state index contributed by atoms with van der Waals surface area (Å²) in [6.45, 7) is 0. The van der Waals surface area contributed by atoms with Gasteiger partial charge in [-0.05, 0) is 36.4 Å². The fraction of sp³-hybridized carbons (Fsp3) is 0.286. The number of benzene rings is 2. The van der Waals surface area contributed by atoms with Crippen molar-refractivity contribution in [3.63, 3.8) is 0 Å². The van der Waals surface area contributed by atoms with Crippen molar-refractivity contribution >= 4 is 27.7 Å². The Morgan fingerprint density at radius 1 is 0.957 bits per heavy atom. The molecule has 3 radical (unpaired) electrons. The molecule has 2 heteroatoms. The molecule has 0 unspecified atom stereocenters.